The number of ether oxygens (including phenoxy) is 1. The van der Waals surface area contributed by atoms with Crippen LogP contribution < -0.4 is 5.43 Å². The minimum atomic E-state index is -0.673. The molecule has 1 aromatic carbocycles. The molecule has 0 saturated carbocycles. The summed E-state index contributed by atoms with van der Waals surface area (Å²) in [7, 11) is 0. The number of nitrogens with one attached hydrogen (secondary N) is 1. The van der Waals surface area contributed by atoms with Gasteiger partial charge in [-0.2, -0.15) is 5.10 Å². The second kappa shape index (κ2) is 5.86. The molecule has 0 fully saturated rings. The van der Waals surface area contributed by atoms with E-state index < -0.39 is 11.9 Å². The van der Waals surface area contributed by atoms with Crippen molar-refractivity contribution in [3.63, 3.8) is 0 Å². The molecule has 106 valence electrons. The van der Waals surface area contributed by atoms with E-state index in [1.807, 2.05) is 25.1 Å². The van der Waals surface area contributed by atoms with E-state index in [1.54, 1.807) is 13.8 Å². The summed E-state index contributed by atoms with van der Waals surface area (Å²) < 4.78 is 4.94. The third kappa shape index (κ3) is 2.57. The fraction of sp³-hybridized carbons (Fsp3) is 0.400. The van der Waals surface area contributed by atoms with Gasteiger partial charge >= 0.3 is 5.97 Å². The Morgan fingerprint density at radius 3 is 2.80 bits per heavy atom. The zero-order chi connectivity index (χ0) is 14.7. The van der Waals surface area contributed by atoms with Gasteiger partial charge in [0, 0.05) is 5.39 Å². The number of benzene rings is 1. The summed E-state index contributed by atoms with van der Waals surface area (Å²) in [5.74, 6) is -1.11. The Balaban J connectivity index is 2.53. The Bertz CT molecular complexity index is 691. The Labute approximate surface area is 117 Å². The van der Waals surface area contributed by atoms with E-state index in [0.29, 0.717) is 10.9 Å². The highest BCUT2D eigenvalue weighted by molar-refractivity contribution is 5.82. The molecule has 5 nitrogen and oxygen atoms in total. The fourth-order valence-electron chi connectivity index (χ4n) is 2.08. The minimum Gasteiger partial charge on any atom is -0.465 e. The van der Waals surface area contributed by atoms with E-state index in [9.17, 15) is 9.59 Å². The lowest BCUT2D eigenvalue weighted by Gasteiger charge is -2.10. The first-order valence-electron chi connectivity index (χ1n) is 6.76. The Morgan fingerprint density at radius 1 is 1.40 bits per heavy atom. The van der Waals surface area contributed by atoms with Crippen molar-refractivity contribution in [3.8, 4) is 0 Å². The standard InChI is InChI=1S/C15H18N2O3/c1-4-10-6-7-12-11(8-10)14(18)13(17-16-12)9(3)15(19)20-5-2/h6-9H,4-5H2,1-3H3,(H,16,18). The van der Waals surface area contributed by atoms with E-state index in [-0.39, 0.29) is 17.7 Å². The SMILES string of the molecule is CCOC(=O)C(C)c1n[nH]c2ccc(CC)cc2c1=O. The summed E-state index contributed by atoms with van der Waals surface area (Å²) in [5, 5.41) is 7.42. The lowest BCUT2D eigenvalue weighted by Crippen LogP contribution is -2.23. The number of esters is 1. The Hall–Kier alpha value is -2.17. The van der Waals surface area contributed by atoms with Gasteiger partial charge in [0.25, 0.3) is 0 Å². The van der Waals surface area contributed by atoms with Gasteiger partial charge in [0.05, 0.1) is 12.1 Å². The smallest absolute Gasteiger partial charge is 0.314 e. The maximum atomic E-state index is 12.5. The molecular formula is C15H18N2O3. The number of nitrogens with zero attached hydrogens (tertiary/aromatic N) is 1. The van der Waals surface area contributed by atoms with Gasteiger partial charge in [0.1, 0.15) is 11.6 Å². The molecule has 0 aliphatic rings. The normalized spacial score (nSPS) is 12.3. The van der Waals surface area contributed by atoms with Crippen LogP contribution in [0.5, 0.6) is 0 Å². The summed E-state index contributed by atoms with van der Waals surface area (Å²) in [4.78, 5) is 24.2. The van der Waals surface area contributed by atoms with Crippen LogP contribution in [0.15, 0.2) is 23.0 Å². The molecule has 1 N–H and O–H groups in total. The van der Waals surface area contributed by atoms with Gasteiger partial charge < -0.3 is 4.74 Å². The second-order valence-corrected chi connectivity index (χ2v) is 4.65. The zero-order valence-corrected chi connectivity index (χ0v) is 11.9. The molecule has 0 spiro atoms. The highest BCUT2D eigenvalue weighted by Gasteiger charge is 2.22. The van der Waals surface area contributed by atoms with Crippen LogP contribution in [0, 0.1) is 0 Å². The largest absolute Gasteiger partial charge is 0.465 e. The first kappa shape index (κ1) is 14.2. The summed E-state index contributed by atoms with van der Waals surface area (Å²) in [6.45, 7) is 5.68. The van der Waals surface area contributed by atoms with Crippen molar-refractivity contribution in [3.05, 3.63) is 39.7 Å². The summed E-state index contributed by atoms with van der Waals surface area (Å²) in [5.41, 5.74) is 1.73. The van der Waals surface area contributed by atoms with Crippen molar-refractivity contribution in [1.29, 1.82) is 0 Å². The molecule has 0 saturated heterocycles. The zero-order valence-electron chi connectivity index (χ0n) is 11.9. The highest BCUT2D eigenvalue weighted by Crippen LogP contribution is 2.15. The van der Waals surface area contributed by atoms with E-state index in [2.05, 4.69) is 10.2 Å². The fourth-order valence-corrected chi connectivity index (χ4v) is 2.08. The number of carbonyl (C=O) groups excluding carboxylic acids is 1. The molecule has 1 atom stereocenters. The highest BCUT2D eigenvalue weighted by atomic mass is 16.5. The van der Waals surface area contributed by atoms with Gasteiger partial charge in [-0.3, -0.25) is 14.7 Å². The summed E-state index contributed by atoms with van der Waals surface area (Å²) in [6.07, 6.45) is 0.848. The van der Waals surface area contributed by atoms with Gasteiger partial charge in [-0.1, -0.05) is 13.0 Å². The van der Waals surface area contributed by atoms with Crippen LogP contribution in [0.1, 0.15) is 37.9 Å². The van der Waals surface area contributed by atoms with Crippen LogP contribution >= 0.6 is 0 Å². The predicted octanol–water partition coefficient (Wildman–Crippen LogP) is 2.15. The quantitative estimate of drug-likeness (QED) is 0.867. The average molecular weight is 274 g/mol. The molecule has 2 rings (SSSR count). The molecule has 5 heteroatoms. The van der Waals surface area contributed by atoms with Crippen LogP contribution in [0.4, 0.5) is 0 Å². The van der Waals surface area contributed by atoms with Crippen LogP contribution in [-0.4, -0.2) is 22.8 Å². The number of rotatable bonds is 4. The van der Waals surface area contributed by atoms with Gasteiger partial charge in [-0.25, -0.2) is 0 Å². The molecule has 1 heterocycles. The predicted molar refractivity (Wildman–Crippen MR) is 76.8 cm³/mol. The molecule has 1 unspecified atom stereocenters. The number of fused-ring (bicyclic) bond motifs is 1. The Morgan fingerprint density at radius 2 is 2.15 bits per heavy atom. The molecule has 0 bridgehead atoms. The molecule has 0 radical (unpaired) electrons. The lowest BCUT2D eigenvalue weighted by molar-refractivity contribution is -0.144. The third-order valence-electron chi connectivity index (χ3n) is 3.32. The molecular weight excluding hydrogens is 256 g/mol. The van der Waals surface area contributed by atoms with Crippen LogP contribution in [-0.2, 0) is 16.0 Å². The number of hydrogen-bond donors (Lipinski definition) is 1. The number of aromatic amines is 1. The number of aromatic nitrogens is 2. The van der Waals surface area contributed by atoms with Crippen LogP contribution in [0.3, 0.4) is 0 Å². The van der Waals surface area contributed by atoms with E-state index in [1.165, 1.54) is 0 Å². The number of hydrogen-bond acceptors (Lipinski definition) is 4. The lowest BCUT2D eigenvalue weighted by atomic mass is 10.0. The number of aryl methyl sites for hydroxylation is 1. The van der Waals surface area contributed by atoms with E-state index in [4.69, 9.17) is 4.74 Å². The summed E-state index contributed by atoms with van der Waals surface area (Å²) in [6, 6.07) is 5.63. The molecule has 1 aromatic heterocycles. The van der Waals surface area contributed by atoms with Crippen molar-refractivity contribution >= 4 is 16.9 Å². The number of H-pyrrole nitrogens is 1. The van der Waals surface area contributed by atoms with Gasteiger partial charge in [-0.05, 0) is 38.0 Å². The molecule has 0 amide bonds. The van der Waals surface area contributed by atoms with Crippen molar-refractivity contribution < 1.29 is 9.53 Å². The minimum absolute atomic E-state index is 0.198. The molecule has 20 heavy (non-hydrogen) atoms. The van der Waals surface area contributed by atoms with Crippen LogP contribution in [0.2, 0.25) is 0 Å². The first-order chi connectivity index (χ1) is 9.58. The van der Waals surface area contributed by atoms with Crippen molar-refractivity contribution in [2.24, 2.45) is 0 Å². The monoisotopic (exact) mass is 274 g/mol. The van der Waals surface area contributed by atoms with Gasteiger partial charge in [-0.15, -0.1) is 0 Å². The van der Waals surface area contributed by atoms with E-state index in [0.717, 1.165) is 12.0 Å². The summed E-state index contributed by atoms with van der Waals surface area (Å²) >= 11 is 0. The third-order valence-corrected chi connectivity index (χ3v) is 3.32. The average Bonchev–Trinajstić information content (AvgIpc) is 2.47. The maximum Gasteiger partial charge on any atom is 0.314 e. The molecule has 2 aromatic rings. The van der Waals surface area contributed by atoms with Gasteiger partial charge in [0.15, 0.2) is 0 Å². The first-order valence-corrected chi connectivity index (χ1v) is 6.76. The van der Waals surface area contributed by atoms with Crippen LogP contribution in [0.25, 0.3) is 10.9 Å². The van der Waals surface area contributed by atoms with Crippen molar-refractivity contribution in [1.82, 2.24) is 10.2 Å². The molecule has 0 aliphatic heterocycles. The topological polar surface area (TPSA) is 72.0 Å². The van der Waals surface area contributed by atoms with E-state index >= 15 is 0 Å². The molecule has 0 aliphatic carbocycles. The maximum absolute atomic E-state index is 12.5. The van der Waals surface area contributed by atoms with Crippen molar-refractivity contribution in [2.75, 3.05) is 6.61 Å². The second-order valence-electron chi connectivity index (χ2n) is 4.65. The van der Waals surface area contributed by atoms with Gasteiger partial charge in [0.2, 0.25) is 5.43 Å². The van der Waals surface area contributed by atoms with Crippen molar-refractivity contribution in [2.45, 2.75) is 33.1 Å². The number of carbonyl (C=O) groups is 1. The Kier molecular flexibility index (Phi) is 4.17.